The van der Waals surface area contributed by atoms with E-state index in [0.717, 1.165) is 25.7 Å². The Balaban J connectivity index is 0.00000288. The lowest BCUT2D eigenvalue weighted by Gasteiger charge is -2.34. The quantitative estimate of drug-likeness (QED) is 0.679. The van der Waals surface area contributed by atoms with E-state index in [1.807, 2.05) is 0 Å². The number of piperidine rings is 1. The molecule has 1 saturated heterocycles. The molecule has 8 heteroatoms. The standard InChI is InChI=1S/C16H30N4O3.ClH/c1-23-11-14(17)15(21)20-9-7-13(8-10-20)19-16(22)18-12-5-3-2-4-6-12;/h12-14H,2-11,17H2,1H3,(H2,18,19,22);1H. The molecular weight excluding hydrogens is 332 g/mol. The average Bonchev–Trinajstić information content (AvgIpc) is 2.56. The summed E-state index contributed by atoms with van der Waals surface area (Å²) in [6, 6.07) is -0.226. The molecule has 4 N–H and O–H groups in total. The number of nitrogens with two attached hydrogens (primary N) is 1. The van der Waals surface area contributed by atoms with Crippen LogP contribution in [0, 0.1) is 0 Å². The van der Waals surface area contributed by atoms with Gasteiger partial charge in [-0.2, -0.15) is 0 Å². The summed E-state index contributed by atoms with van der Waals surface area (Å²) >= 11 is 0. The Morgan fingerprint density at radius 2 is 1.62 bits per heavy atom. The van der Waals surface area contributed by atoms with Crippen molar-refractivity contribution in [2.45, 2.75) is 63.1 Å². The highest BCUT2D eigenvalue weighted by Gasteiger charge is 2.27. The van der Waals surface area contributed by atoms with Crippen molar-refractivity contribution in [1.29, 1.82) is 0 Å². The number of ether oxygens (including phenoxy) is 1. The van der Waals surface area contributed by atoms with Gasteiger partial charge < -0.3 is 26.0 Å². The Hall–Kier alpha value is -1.05. The predicted octanol–water partition coefficient (Wildman–Crippen LogP) is 1.00. The van der Waals surface area contributed by atoms with Crippen LogP contribution in [0.15, 0.2) is 0 Å². The molecule has 0 spiro atoms. The van der Waals surface area contributed by atoms with Crippen LogP contribution in [0.5, 0.6) is 0 Å². The van der Waals surface area contributed by atoms with Gasteiger partial charge in [-0.15, -0.1) is 12.4 Å². The van der Waals surface area contributed by atoms with Crippen molar-refractivity contribution in [3.8, 4) is 0 Å². The van der Waals surface area contributed by atoms with E-state index in [-0.39, 0.29) is 37.0 Å². The Morgan fingerprint density at radius 3 is 2.17 bits per heavy atom. The van der Waals surface area contributed by atoms with Crippen molar-refractivity contribution in [2.75, 3.05) is 26.8 Å². The summed E-state index contributed by atoms with van der Waals surface area (Å²) in [6.07, 6.45) is 7.38. The summed E-state index contributed by atoms with van der Waals surface area (Å²) in [6.45, 7) is 1.50. The molecule has 0 aromatic carbocycles. The van der Waals surface area contributed by atoms with Crippen LogP contribution in [-0.4, -0.2) is 61.8 Å². The number of methoxy groups -OCH3 is 1. The summed E-state index contributed by atoms with van der Waals surface area (Å²) in [7, 11) is 1.54. The number of carbonyl (C=O) groups is 2. The molecule has 7 nitrogen and oxygen atoms in total. The molecule has 0 bridgehead atoms. The lowest BCUT2D eigenvalue weighted by molar-refractivity contribution is -0.134. The first-order chi connectivity index (χ1) is 11.1. The van der Waals surface area contributed by atoms with Gasteiger partial charge in [0.1, 0.15) is 6.04 Å². The maximum atomic E-state index is 12.1. The van der Waals surface area contributed by atoms with Gasteiger partial charge in [0.25, 0.3) is 0 Å². The maximum Gasteiger partial charge on any atom is 0.315 e. The van der Waals surface area contributed by atoms with Crippen molar-refractivity contribution in [2.24, 2.45) is 5.73 Å². The largest absolute Gasteiger partial charge is 0.383 e. The van der Waals surface area contributed by atoms with Crippen LogP contribution in [0.25, 0.3) is 0 Å². The summed E-state index contributed by atoms with van der Waals surface area (Å²) in [5.74, 6) is -0.0723. The van der Waals surface area contributed by atoms with E-state index in [4.69, 9.17) is 10.5 Å². The molecule has 0 radical (unpaired) electrons. The zero-order valence-electron chi connectivity index (χ0n) is 14.5. The van der Waals surface area contributed by atoms with Crippen molar-refractivity contribution in [1.82, 2.24) is 15.5 Å². The van der Waals surface area contributed by atoms with Gasteiger partial charge in [-0.25, -0.2) is 4.79 Å². The van der Waals surface area contributed by atoms with Crippen LogP contribution in [0.2, 0.25) is 0 Å². The summed E-state index contributed by atoms with van der Waals surface area (Å²) in [5.41, 5.74) is 5.78. The molecule has 2 rings (SSSR count). The molecule has 1 heterocycles. The molecule has 1 aliphatic heterocycles. The van der Waals surface area contributed by atoms with Gasteiger partial charge in [-0.1, -0.05) is 19.3 Å². The molecular formula is C16H31ClN4O3. The first-order valence-electron chi connectivity index (χ1n) is 8.70. The van der Waals surface area contributed by atoms with Crippen LogP contribution in [-0.2, 0) is 9.53 Å². The lowest BCUT2D eigenvalue weighted by Crippen LogP contribution is -2.53. The zero-order valence-corrected chi connectivity index (χ0v) is 15.3. The molecule has 24 heavy (non-hydrogen) atoms. The Morgan fingerprint density at radius 1 is 1.08 bits per heavy atom. The van der Waals surface area contributed by atoms with Crippen LogP contribution in [0.1, 0.15) is 44.9 Å². The van der Waals surface area contributed by atoms with Crippen LogP contribution < -0.4 is 16.4 Å². The first kappa shape index (κ1) is 21.0. The number of nitrogens with zero attached hydrogens (tertiary/aromatic N) is 1. The van der Waals surface area contributed by atoms with Crippen LogP contribution >= 0.6 is 12.4 Å². The fourth-order valence-corrected chi connectivity index (χ4v) is 3.39. The Bertz CT molecular complexity index is 397. The van der Waals surface area contributed by atoms with Crippen LogP contribution in [0.3, 0.4) is 0 Å². The van der Waals surface area contributed by atoms with E-state index in [1.54, 1.807) is 4.90 Å². The molecule has 2 aliphatic rings. The van der Waals surface area contributed by atoms with E-state index in [2.05, 4.69) is 10.6 Å². The summed E-state index contributed by atoms with van der Waals surface area (Å²) < 4.78 is 4.92. The molecule has 1 aliphatic carbocycles. The van der Waals surface area contributed by atoms with Gasteiger partial charge >= 0.3 is 6.03 Å². The minimum atomic E-state index is -0.598. The topological polar surface area (TPSA) is 96.7 Å². The normalized spacial score (nSPS) is 20.8. The van der Waals surface area contributed by atoms with Crippen molar-refractivity contribution in [3.05, 3.63) is 0 Å². The summed E-state index contributed by atoms with van der Waals surface area (Å²) in [5, 5.41) is 6.10. The van der Waals surface area contributed by atoms with E-state index in [1.165, 1.54) is 26.4 Å². The molecule has 1 atom stereocenters. The third kappa shape index (κ3) is 6.45. The molecule has 3 amide bonds. The second-order valence-corrected chi connectivity index (χ2v) is 6.61. The summed E-state index contributed by atoms with van der Waals surface area (Å²) in [4.78, 5) is 25.9. The number of amides is 3. The van der Waals surface area contributed by atoms with Gasteiger partial charge in [0.2, 0.25) is 5.91 Å². The maximum absolute atomic E-state index is 12.1. The second kappa shape index (κ2) is 10.7. The van der Waals surface area contributed by atoms with Crippen molar-refractivity contribution in [3.63, 3.8) is 0 Å². The predicted molar refractivity (Wildman–Crippen MR) is 95.2 cm³/mol. The lowest BCUT2D eigenvalue weighted by atomic mass is 9.96. The van der Waals surface area contributed by atoms with E-state index in [0.29, 0.717) is 19.1 Å². The molecule has 0 aromatic rings. The SMILES string of the molecule is COCC(N)C(=O)N1CCC(NC(=O)NC2CCCCC2)CC1.Cl. The monoisotopic (exact) mass is 362 g/mol. The fourth-order valence-electron chi connectivity index (χ4n) is 3.39. The second-order valence-electron chi connectivity index (χ2n) is 6.61. The van der Waals surface area contributed by atoms with Gasteiger partial charge in [0.05, 0.1) is 6.61 Å². The fraction of sp³-hybridized carbons (Fsp3) is 0.875. The third-order valence-corrected chi connectivity index (χ3v) is 4.75. The highest BCUT2D eigenvalue weighted by Crippen LogP contribution is 2.17. The molecule has 0 aromatic heterocycles. The van der Waals surface area contributed by atoms with Crippen LogP contribution in [0.4, 0.5) is 4.79 Å². The van der Waals surface area contributed by atoms with Crippen molar-refractivity contribution < 1.29 is 14.3 Å². The van der Waals surface area contributed by atoms with E-state index in [9.17, 15) is 9.59 Å². The average molecular weight is 363 g/mol. The first-order valence-corrected chi connectivity index (χ1v) is 8.70. The van der Waals surface area contributed by atoms with Crippen molar-refractivity contribution >= 4 is 24.3 Å². The minimum absolute atomic E-state index is 0. The Kier molecular flexibility index (Phi) is 9.39. The van der Waals surface area contributed by atoms with Gasteiger partial charge in [-0.3, -0.25) is 4.79 Å². The molecule has 2 fully saturated rings. The highest BCUT2D eigenvalue weighted by atomic mass is 35.5. The molecule has 140 valence electrons. The number of nitrogens with one attached hydrogen (secondary N) is 2. The number of carbonyl (C=O) groups excluding carboxylic acids is 2. The minimum Gasteiger partial charge on any atom is -0.383 e. The Labute approximate surface area is 150 Å². The number of urea groups is 1. The smallest absolute Gasteiger partial charge is 0.315 e. The molecule has 1 unspecified atom stereocenters. The van der Waals surface area contributed by atoms with E-state index >= 15 is 0 Å². The third-order valence-electron chi connectivity index (χ3n) is 4.75. The van der Waals surface area contributed by atoms with Gasteiger partial charge in [0.15, 0.2) is 0 Å². The number of rotatable bonds is 5. The number of likely N-dealkylation sites (tertiary alicyclic amines) is 1. The zero-order chi connectivity index (χ0) is 16.7. The number of hydrogen-bond acceptors (Lipinski definition) is 4. The highest BCUT2D eigenvalue weighted by molar-refractivity contribution is 5.85. The van der Waals surface area contributed by atoms with Gasteiger partial charge in [0, 0.05) is 32.3 Å². The molecule has 1 saturated carbocycles. The van der Waals surface area contributed by atoms with E-state index < -0.39 is 6.04 Å². The number of halogens is 1. The number of hydrogen-bond donors (Lipinski definition) is 3. The van der Waals surface area contributed by atoms with Gasteiger partial charge in [-0.05, 0) is 25.7 Å².